The first-order valence-electron chi connectivity index (χ1n) is 13.9. The molecule has 5 aliphatic carbocycles. The first kappa shape index (κ1) is 25.9. The van der Waals surface area contributed by atoms with Gasteiger partial charge >= 0.3 is 11.9 Å². The molecule has 5 saturated carbocycles. The number of ketones is 1. The van der Waals surface area contributed by atoms with Crippen molar-refractivity contribution >= 4 is 17.7 Å². The molecule has 0 aliphatic heterocycles. The number of aliphatic hydroxyl groups excluding tert-OH is 1. The zero-order valence-corrected chi connectivity index (χ0v) is 22.6. The molecule has 0 aromatic heterocycles. The number of hydrogen-bond acceptors (Lipinski definition) is 4. The van der Waals surface area contributed by atoms with Gasteiger partial charge in [-0.1, -0.05) is 39.8 Å². The van der Waals surface area contributed by atoms with Crippen LogP contribution in [-0.2, 0) is 14.4 Å². The van der Waals surface area contributed by atoms with Crippen LogP contribution in [0.15, 0.2) is 12.2 Å². The van der Waals surface area contributed by atoms with Crippen molar-refractivity contribution in [1.82, 2.24) is 0 Å². The average molecular weight is 501 g/mol. The van der Waals surface area contributed by atoms with Gasteiger partial charge in [-0.05, 0) is 92.8 Å². The van der Waals surface area contributed by atoms with Crippen molar-refractivity contribution in [2.24, 2.45) is 56.7 Å². The molecule has 6 nitrogen and oxygen atoms in total. The highest BCUT2D eigenvalue weighted by Crippen LogP contribution is 2.77. The zero-order chi connectivity index (χ0) is 26.6. The summed E-state index contributed by atoms with van der Waals surface area (Å²) < 4.78 is 0. The van der Waals surface area contributed by atoms with Gasteiger partial charge in [0.15, 0.2) is 0 Å². The zero-order valence-electron chi connectivity index (χ0n) is 22.6. The molecule has 0 aromatic rings. The third-order valence-corrected chi connectivity index (χ3v) is 12.9. The van der Waals surface area contributed by atoms with E-state index in [1.165, 1.54) is 0 Å². The van der Waals surface area contributed by atoms with E-state index in [-0.39, 0.29) is 40.8 Å². The number of rotatable bonds is 3. The lowest BCUT2D eigenvalue weighted by molar-refractivity contribution is -0.264. The number of carboxylic acid groups (broad SMARTS) is 2. The molecule has 0 heterocycles. The predicted molar refractivity (Wildman–Crippen MR) is 135 cm³/mol. The van der Waals surface area contributed by atoms with E-state index in [2.05, 4.69) is 20.4 Å². The van der Waals surface area contributed by atoms with Crippen molar-refractivity contribution in [2.75, 3.05) is 0 Å². The van der Waals surface area contributed by atoms with E-state index in [0.29, 0.717) is 44.9 Å². The van der Waals surface area contributed by atoms with Crippen LogP contribution in [0.3, 0.4) is 0 Å². The Morgan fingerprint density at radius 3 is 2.19 bits per heavy atom. The number of fused-ring (bicyclic) bond motifs is 7. The summed E-state index contributed by atoms with van der Waals surface area (Å²) in [4.78, 5) is 39.3. The minimum atomic E-state index is -1.10. The van der Waals surface area contributed by atoms with E-state index >= 15 is 0 Å². The first-order valence-corrected chi connectivity index (χ1v) is 13.9. The van der Waals surface area contributed by atoms with Crippen molar-refractivity contribution in [3.05, 3.63) is 12.2 Å². The second kappa shape index (κ2) is 7.68. The Kier molecular flexibility index (Phi) is 5.53. The molecule has 0 amide bonds. The van der Waals surface area contributed by atoms with Gasteiger partial charge in [-0.15, -0.1) is 0 Å². The summed E-state index contributed by atoms with van der Waals surface area (Å²) in [6.45, 7) is 14.4. The van der Waals surface area contributed by atoms with Gasteiger partial charge in [0.2, 0.25) is 0 Å². The molecule has 10 atom stereocenters. The Hall–Kier alpha value is -1.69. The quantitative estimate of drug-likeness (QED) is 0.452. The molecule has 3 N–H and O–H groups in total. The minimum absolute atomic E-state index is 0.00774. The fourth-order valence-corrected chi connectivity index (χ4v) is 11.6. The number of allylic oxidation sites excluding steroid dienone is 1. The number of carboxylic acids is 2. The third-order valence-electron chi connectivity index (χ3n) is 12.9. The number of aliphatic hydroxyl groups is 1. The molecule has 0 aromatic carbocycles. The SMILES string of the molecule is C=C(C)[C@@H]1CC[C@]2(C(=O)O)CC[C@]3(C(=O)O)[C@H](CC[C@@H]4[C@@]5(C)CCC(=O)C(C)(C)[C@@H]5[C@@H](O)C[C@]43C)[C@@H]12. The van der Waals surface area contributed by atoms with E-state index in [1.54, 1.807) is 0 Å². The second-order valence-electron chi connectivity index (χ2n) is 14.3. The van der Waals surface area contributed by atoms with Crippen molar-refractivity contribution < 1.29 is 29.7 Å². The minimum Gasteiger partial charge on any atom is -0.481 e. The van der Waals surface area contributed by atoms with Gasteiger partial charge in [-0.2, -0.15) is 0 Å². The Morgan fingerprint density at radius 1 is 0.944 bits per heavy atom. The maximum absolute atomic E-state index is 13.6. The Labute approximate surface area is 214 Å². The summed E-state index contributed by atoms with van der Waals surface area (Å²) in [5.41, 5.74) is -2.71. The average Bonchev–Trinajstić information content (AvgIpc) is 3.17. The van der Waals surface area contributed by atoms with Gasteiger partial charge in [-0.3, -0.25) is 14.4 Å². The van der Waals surface area contributed by atoms with Crippen LogP contribution in [0.2, 0.25) is 0 Å². The largest absolute Gasteiger partial charge is 0.481 e. The molecule has 0 spiro atoms. The summed E-state index contributed by atoms with van der Waals surface area (Å²) in [6, 6.07) is 0. The van der Waals surface area contributed by atoms with Gasteiger partial charge in [0.25, 0.3) is 0 Å². The Morgan fingerprint density at radius 2 is 1.61 bits per heavy atom. The molecule has 5 rings (SSSR count). The fraction of sp³-hybridized carbons (Fsp3) is 0.833. The fourth-order valence-electron chi connectivity index (χ4n) is 11.6. The highest BCUT2D eigenvalue weighted by atomic mass is 16.4. The molecule has 36 heavy (non-hydrogen) atoms. The highest BCUT2D eigenvalue weighted by Gasteiger charge is 2.76. The predicted octanol–water partition coefficient (Wildman–Crippen LogP) is 5.33. The number of aliphatic carboxylic acids is 2. The van der Waals surface area contributed by atoms with Crippen molar-refractivity contribution in [3.8, 4) is 0 Å². The normalized spacial score (nSPS) is 51.3. The number of carbonyl (C=O) groups excluding carboxylic acids is 1. The third kappa shape index (κ3) is 2.80. The van der Waals surface area contributed by atoms with E-state index in [9.17, 15) is 29.7 Å². The second-order valence-corrected chi connectivity index (χ2v) is 14.3. The van der Waals surface area contributed by atoms with E-state index in [4.69, 9.17) is 0 Å². The summed E-state index contributed by atoms with van der Waals surface area (Å²) in [6.07, 6.45) is 4.24. The van der Waals surface area contributed by atoms with E-state index in [0.717, 1.165) is 18.4 Å². The number of Topliss-reactive ketones (excluding diaryl/α,β-unsaturated/α-hetero) is 1. The van der Waals surface area contributed by atoms with Crippen LogP contribution in [0.5, 0.6) is 0 Å². The van der Waals surface area contributed by atoms with Crippen LogP contribution in [0, 0.1) is 56.7 Å². The molecule has 0 radical (unpaired) electrons. The smallest absolute Gasteiger partial charge is 0.310 e. The maximum atomic E-state index is 13.6. The van der Waals surface area contributed by atoms with Gasteiger partial charge < -0.3 is 15.3 Å². The molecule has 200 valence electrons. The number of hydrogen-bond donors (Lipinski definition) is 3. The lowest BCUT2D eigenvalue weighted by Crippen LogP contribution is -2.72. The summed E-state index contributed by atoms with van der Waals surface area (Å²) in [7, 11) is 0. The Balaban J connectivity index is 1.67. The molecule has 6 heteroatoms. The van der Waals surface area contributed by atoms with E-state index in [1.807, 2.05) is 20.8 Å². The Bertz CT molecular complexity index is 1030. The summed E-state index contributed by atoms with van der Waals surface area (Å²) in [5, 5.41) is 33.3. The molecule has 0 unspecified atom stereocenters. The van der Waals surface area contributed by atoms with Crippen LogP contribution in [0.1, 0.15) is 92.4 Å². The molecular formula is C30H44O6. The lowest BCUT2D eigenvalue weighted by Gasteiger charge is -2.72. The van der Waals surface area contributed by atoms with Crippen LogP contribution in [0.4, 0.5) is 0 Å². The molecule has 0 bridgehead atoms. The van der Waals surface area contributed by atoms with Crippen molar-refractivity contribution in [3.63, 3.8) is 0 Å². The van der Waals surface area contributed by atoms with Crippen LogP contribution >= 0.6 is 0 Å². The van der Waals surface area contributed by atoms with Gasteiger partial charge in [0.05, 0.1) is 16.9 Å². The monoisotopic (exact) mass is 500 g/mol. The molecule has 5 fully saturated rings. The van der Waals surface area contributed by atoms with Crippen LogP contribution < -0.4 is 0 Å². The highest BCUT2D eigenvalue weighted by molar-refractivity contribution is 5.86. The topological polar surface area (TPSA) is 112 Å². The lowest BCUT2D eigenvalue weighted by atomic mass is 9.31. The van der Waals surface area contributed by atoms with E-state index < -0.39 is 39.7 Å². The first-order chi connectivity index (χ1) is 16.6. The number of carbonyl (C=O) groups is 3. The molecular weight excluding hydrogens is 456 g/mol. The van der Waals surface area contributed by atoms with Gasteiger partial charge in [0.1, 0.15) is 5.78 Å². The van der Waals surface area contributed by atoms with Crippen molar-refractivity contribution in [2.45, 2.75) is 98.5 Å². The summed E-state index contributed by atoms with van der Waals surface area (Å²) in [5.74, 6) is -2.08. The van der Waals surface area contributed by atoms with Gasteiger partial charge in [-0.25, -0.2) is 0 Å². The molecule has 5 aliphatic rings. The summed E-state index contributed by atoms with van der Waals surface area (Å²) >= 11 is 0. The maximum Gasteiger partial charge on any atom is 0.310 e. The van der Waals surface area contributed by atoms with Crippen LogP contribution in [-0.4, -0.2) is 39.1 Å². The van der Waals surface area contributed by atoms with Crippen molar-refractivity contribution in [1.29, 1.82) is 0 Å². The van der Waals surface area contributed by atoms with Crippen LogP contribution in [0.25, 0.3) is 0 Å². The van der Waals surface area contributed by atoms with Gasteiger partial charge in [0, 0.05) is 17.8 Å². The molecule has 0 saturated heterocycles. The standard InChI is InChI=1S/C30H44O6/c1-16(2)17-9-12-29(24(33)34)13-14-30(25(35)36)18(22(17)29)7-8-20-27(5)11-10-21(32)26(3,4)23(27)19(31)15-28(20,30)6/h17-20,22-23,31H,1,7-15H2,2-6H3,(H,33,34)(H,35,36)/t17-,18+,19-,20+,22+,23-,27+,28+,29-,30+/m0/s1.